The van der Waals surface area contributed by atoms with Gasteiger partial charge in [-0.3, -0.25) is 4.98 Å². The van der Waals surface area contributed by atoms with E-state index in [9.17, 15) is 0 Å². The summed E-state index contributed by atoms with van der Waals surface area (Å²) in [6.07, 6.45) is 3.48. The van der Waals surface area contributed by atoms with Gasteiger partial charge in [0.1, 0.15) is 5.75 Å². The Kier molecular flexibility index (Phi) is 4.26. The molecule has 19 heavy (non-hydrogen) atoms. The molecule has 96 valence electrons. The molecule has 0 unspecified atom stereocenters. The minimum Gasteiger partial charge on any atom is -0.495 e. The first-order chi connectivity index (χ1) is 9.17. The average molecular weight is 293 g/mol. The van der Waals surface area contributed by atoms with E-state index < -0.39 is 0 Å². The summed E-state index contributed by atoms with van der Waals surface area (Å²) in [5.41, 5.74) is 2.33. The Hall–Kier alpha value is -1.76. The summed E-state index contributed by atoms with van der Waals surface area (Å²) >= 11 is 12.1. The van der Waals surface area contributed by atoms with Crippen molar-refractivity contribution in [2.75, 3.05) is 7.11 Å². The summed E-state index contributed by atoms with van der Waals surface area (Å²) in [7, 11) is 1.55. The van der Waals surface area contributed by atoms with Crippen LogP contribution in [0.4, 0.5) is 0 Å². The number of hydrogen-bond acceptors (Lipinski definition) is 3. The number of methoxy groups -OCH3 is 1. The van der Waals surface area contributed by atoms with Gasteiger partial charge in [-0.05, 0) is 12.1 Å². The van der Waals surface area contributed by atoms with Crippen LogP contribution >= 0.6 is 23.2 Å². The molecular formula is C14H10Cl2N2O. The van der Waals surface area contributed by atoms with Crippen molar-refractivity contribution in [2.45, 2.75) is 6.42 Å². The third-order valence-corrected chi connectivity index (χ3v) is 3.26. The van der Waals surface area contributed by atoms with E-state index in [1.807, 2.05) is 6.07 Å². The summed E-state index contributed by atoms with van der Waals surface area (Å²) in [6, 6.07) is 7.34. The van der Waals surface area contributed by atoms with E-state index >= 15 is 0 Å². The number of aromatic nitrogens is 1. The summed E-state index contributed by atoms with van der Waals surface area (Å²) in [6.45, 7) is 0. The van der Waals surface area contributed by atoms with Crippen molar-refractivity contribution < 1.29 is 4.74 Å². The molecule has 1 aromatic heterocycles. The van der Waals surface area contributed by atoms with Crippen LogP contribution in [0.5, 0.6) is 5.75 Å². The summed E-state index contributed by atoms with van der Waals surface area (Å²) in [5.74, 6) is 0.574. The van der Waals surface area contributed by atoms with Crippen LogP contribution in [0.25, 0.3) is 11.1 Å². The van der Waals surface area contributed by atoms with E-state index in [1.165, 1.54) is 0 Å². The molecule has 1 aromatic carbocycles. The number of pyridine rings is 1. The summed E-state index contributed by atoms with van der Waals surface area (Å²) in [4.78, 5) is 4.11. The molecule has 0 aliphatic heterocycles. The molecule has 0 radical (unpaired) electrons. The van der Waals surface area contributed by atoms with Gasteiger partial charge in [0.05, 0.1) is 25.8 Å². The van der Waals surface area contributed by atoms with Gasteiger partial charge in [-0.25, -0.2) is 0 Å². The lowest BCUT2D eigenvalue weighted by Gasteiger charge is -2.12. The zero-order chi connectivity index (χ0) is 13.8. The van der Waals surface area contributed by atoms with Gasteiger partial charge in [0.25, 0.3) is 0 Å². The van der Waals surface area contributed by atoms with Crippen LogP contribution in [0.2, 0.25) is 10.0 Å². The molecule has 2 rings (SSSR count). The maximum Gasteiger partial charge on any atom is 0.141 e. The average Bonchev–Trinajstić information content (AvgIpc) is 2.40. The number of hydrogen-bond donors (Lipinski definition) is 0. The van der Waals surface area contributed by atoms with Gasteiger partial charge >= 0.3 is 0 Å². The Labute approximate surface area is 121 Å². The van der Waals surface area contributed by atoms with Gasteiger partial charge in [0.15, 0.2) is 0 Å². The third kappa shape index (κ3) is 2.81. The number of halogens is 2. The van der Waals surface area contributed by atoms with Crippen molar-refractivity contribution in [3.05, 3.63) is 46.2 Å². The lowest BCUT2D eigenvalue weighted by molar-refractivity contribution is 0.409. The molecule has 0 spiro atoms. The van der Waals surface area contributed by atoms with Crippen molar-refractivity contribution in [1.29, 1.82) is 5.26 Å². The highest BCUT2D eigenvalue weighted by Gasteiger charge is 2.14. The van der Waals surface area contributed by atoms with Crippen LogP contribution in [0.15, 0.2) is 30.6 Å². The largest absolute Gasteiger partial charge is 0.495 e. The zero-order valence-corrected chi connectivity index (χ0v) is 11.7. The molecule has 0 saturated carbocycles. The van der Waals surface area contributed by atoms with Crippen molar-refractivity contribution in [1.82, 2.24) is 4.98 Å². The first kappa shape index (κ1) is 13.7. The second-order valence-electron chi connectivity index (χ2n) is 3.83. The van der Waals surface area contributed by atoms with Gasteiger partial charge in [0, 0.05) is 32.9 Å². The highest BCUT2D eigenvalue weighted by Crippen LogP contribution is 2.35. The molecule has 2 aromatic rings. The van der Waals surface area contributed by atoms with Crippen molar-refractivity contribution in [3.63, 3.8) is 0 Å². The first-order valence-corrected chi connectivity index (χ1v) is 6.26. The number of benzene rings is 1. The number of nitrogens with zero attached hydrogens (tertiary/aromatic N) is 2. The van der Waals surface area contributed by atoms with Crippen LogP contribution in [0.1, 0.15) is 5.56 Å². The van der Waals surface area contributed by atoms with E-state index in [-0.39, 0.29) is 6.42 Å². The molecule has 1 heterocycles. The van der Waals surface area contributed by atoms with Crippen LogP contribution in [-0.2, 0) is 6.42 Å². The lowest BCUT2D eigenvalue weighted by Crippen LogP contribution is -1.96. The topological polar surface area (TPSA) is 45.9 Å². The molecule has 3 nitrogen and oxygen atoms in total. The van der Waals surface area contributed by atoms with Gasteiger partial charge in [-0.2, -0.15) is 5.26 Å². The van der Waals surface area contributed by atoms with Crippen LogP contribution < -0.4 is 4.74 Å². The van der Waals surface area contributed by atoms with Gasteiger partial charge < -0.3 is 4.74 Å². The van der Waals surface area contributed by atoms with Crippen molar-refractivity contribution >= 4 is 23.2 Å². The van der Waals surface area contributed by atoms with Gasteiger partial charge in [0.2, 0.25) is 0 Å². The van der Waals surface area contributed by atoms with Crippen LogP contribution in [-0.4, -0.2) is 12.1 Å². The highest BCUT2D eigenvalue weighted by molar-refractivity contribution is 6.36. The highest BCUT2D eigenvalue weighted by atomic mass is 35.5. The lowest BCUT2D eigenvalue weighted by atomic mass is 9.99. The minimum atomic E-state index is 0.222. The van der Waals surface area contributed by atoms with E-state index in [4.69, 9.17) is 33.2 Å². The molecule has 0 N–H and O–H groups in total. The predicted molar refractivity (Wildman–Crippen MR) is 75.6 cm³/mol. The maximum atomic E-state index is 8.94. The SMILES string of the molecule is COc1cncc(-c2ccc(Cl)cc2Cl)c1CC#N. The number of ether oxygens (including phenoxy) is 1. The summed E-state index contributed by atoms with van der Waals surface area (Å²) < 4.78 is 5.24. The smallest absolute Gasteiger partial charge is 0.141 e. The Bertz CT molecular complexity index is 650. The third-order valence-electron chi connectivity index (χ3n) is 2.72. The molecule has 0 bridgehead atoms. The van der Waals surface area contributed by atoms with E-state index in [0.717, 1.165) is 16.7 Å². The molecular weight excluding hydrogens is 283 g/mol. The Morgan fingerprint density at radius 2 is 2.05 bits per heavy atom. The van der Waals surface area contributed by atoms with Crippen molar-refractivity contribution in [3.8, 4) is 22.9 Å². The molecule has 0 aliphatic carbocycles. The molecule has 0 amide bonds. The normalized spacial score (nSPS) is 10.0. The second kappa shape index (κ2) is 5.92. The summed E-state index contributed by atoms with van der Waals surface area (Å²) in [5, 5.41) is 10.0. The standard InChI is InChI=1S/C14H10Cl2N2O/c1-19-14-8-18-7-12(11(14)4-5-17)10-3-2-9(15)6-13(10)16/h2-3,6-8H,4H2,1H3. The van der Waals surface area contributed by atoms with Gasteiger partial charge in [-0.15, -0.1) is 0 Å². The molecule has 0 aliphatic rings. The maximum absolute atomic E-state index is 8.94. The Morgan fingerprint density at radius 3 is 2.68 bits per heavy atom. The quantitative estimate of drug-likeness (QED) is 0.854. The predicted octanol–water partition coefficient (Wildman–Crippen LogP) is 4.13. The van der Waals surface area contributed by atoms with E-state index in [0.29, 0.717) is 15.8 Å². The Morgan fingerprint density at radius 1 is 1.26 bits per heavy atom. The van der Waals surface area contributed by atoms with Crippen LogP contribution in [0, 0.1) is 11.3 Å². The Balaban J connectivity index is 2.64. The fourth-order valence-electron chi connectivity index (χ4n) is 1.85. The van der Waals surface area contributed by atoms with Crippen LogP contribution in [0.3, 0.4) is 0 Å². The van der Waals surface area contributed by atoms with Gasteiger partial charge in [-0.1, -0.05) is 29.3 Å². The fraction of sp³-hybridized carbons (Fsp3) is 0.143. The number of rotatable bonds is 3. The fourth-order valence-corrected chi connectivity index (χ4v) is 2.36. The van der Waals surface area contributed by atoms with E-state index in [1.54, 1.807) is 31.6 Å². The molecule has 0 fully saturated rings. The molecule has 0 atom stereocenters. The molecule has 0 saturated heterocycles. The van der Waals surface area contributed by atoms with Crippen molar-refractivity contribution in [2.24, 2.45) is 0 Å². The first-order valence-electron chi connectivity index (χ1n) is 5.50. The molecule has 5 heteroatoms. The van der Waals surface area contributed by atoms with E-state index in [2.05, 4.69) is 11.1 Å². The second-order valence-corrected chi connectivity index (χ2v) is 4.67. The minimum absolute atomic E-state index is 0.222. The monoisotopic (exact) mass is 292 g/mol. The number of nitriles is 1. The zero-order valence-electron chi connectivity index (χ0n) is 10.2.